The Hall–Kier alpha value is -3.18. The molecule has 4 atom stereocenters. The van der Waals surface area contributed by atoms with Gasteiger partial charge in [0.2, 0.25) is 0 Å². The second-order valence-electron chi connectivity index (χ2n) is 14.0. The van der Waals surface area contributed by atoms with Gasteiger partial charge in [0.05, 0.1) is 39.6 Å². The van der Waals surface area contributed by atoms with Crippen molar-refractivity contribution in [2.24, 2.45) is 0 Å². The van der Waals surface area contributed by atoms with Gasteiger partial charge in [0.1, 0.15) is 31.2 Å². The van der Waals surface area contributed by atoms with Gasteiger partial charge in [-0.15, -0.1) is 0 Å². The highest BCUT2D eigenvalue weighted by Gasteiger charge is 2.42. The van der Waals surface area contributed by atoms with Gasteiger partial charge in [-0.25, -0.2) is 0 Å². The molecule has 0 spiro atoms. The van der Waals surface area contributed by atoms with E-state index in [0.717, 1.165) is 22.3 Å². The molecule has 0 heterocycles. The highest BCUT2D eigenvalue weighted by Crippen LogP contribution is 2.37. The Balaban J connectivity index is 1.72. The summed E-state index contributed by atoms with van der Waals surface area (Å²) in [6.07, 6.45) is -2.28. The minimum absolute atomic E-state index is 0.00989. The summed E-state index contributed by atoms with van der Waals surface area (Å²) in [6, 6.07) is 40.6. The van der Waals surface area contributed by atoms with E-state index in [0.29, 0.717) is 33.0 Å². The number of benzene rings is 4. The van der Waals surface area contributed by atoms with Crippen LogP contribution in [0.2, 0.25) is 18.1 Å². The fraction of sp³-hybridized carbons (Fsp3) is 0.429. The van der Waals surface area contributed by atoms with Crippen LogP contribution in [0.25, 0.3) is 0 Å². The van der Waals surface area contributed by atoms with Crippen LogP contribution in [-0.2, 0) is 59.3 Å². The van der Waals surface area contributed by atoms with Gasteiger partial charge in [-0.1, -0.05) is 142 Å². The molecule has 0 radical (unpaired) electrons. The van der Waals surface area contributed by atoms with Crippen molar-refractivity contribution < 1.29 is 32.8 Å². The standard InChI is InChI=1S/C42H56O7Si/c1-42(2,3)50(5,6)49-32-39(45-28-35-21-13-8-14-22-35)41(47-30-37-25-17-10-18-26-37)40(46-29-36-23-15-9-16-24-36)38(48-33-43-4)31-44-27-34-19-11-7-12-20-34/h7-26,38-41H,27-33H2,1-6H3/t38-,39+,40+,41-/m1/s1. The van der Waals surface area contributed by atoms with Gasteiger partial charge in [-0.3, -0.25) is 0 Å². The SMILES string of the molecule is COCO[C@H](COCc1ccccc1)[C@H](OCc1ccccc1)[C@H](OCc1ccccc1)[C@H](CO[Si](C)(C)C(C)(C)C)OCc1ccccc1. The largest absolute Gasteiger partial charge is 0.414 e. The lowest BCUT2D eigenvalue weighted by Crippen LogP contribution is -2.53. The predicted molar refractivity (Wildman–Crippen MR) is 201 cm³/mol. The molecule has 50 heavy (non-hydrogen) atoms. The average molecular weight is 701 g/mol. The zero-order valence-corrected chi connectivity index (χ0v) is 31.7. The normalized spacial score (nSPS) is 14.6. The van der Waals surface area contributed by atoms with Crippen LogP contribution >= 0.6 is 0 Å². The molecule has 4 aromatic carbocycles. The maximum Gasteiger partial charge on any atom is 0.192 e. The van der Waals surface area contributed by atoms with Crippen LogP contribution in [0.1, 0.15) is 43.0 Å². The first-order valence-electron chi connectivity index (χ1n) is 17.5. The first-order valence-corrected chi connectivity index (χ1v) is 20.4. The van der Waals surface area contributed by atoms with Crippen molar-refractivity contribution in [2.75, 3.05) is 27.1 Å². The molecule has 270 valence electrons. The van der Waals surface area contributed by atoms with E-state index in [-0.39, 0.29) is 18.4 Å². The van der Waals surface area contributed by atoms with Gasteiger partial charge in [-0.05, 0) is 40.4 Å². The van der Waals surface area contributed by atoms with E-state index in [1.54, 1.807) is 7.11 Å². The predicted octanol–water partition coefficient (Wildman–Crippen LogP) is 8.97. The van der Waals surface area contributed by atoms with Gasteiger partial charge >= 0.3 is 0 Å². The van der Waals surface area contributed by atoms with Crippen molar-refractivity contribution in [2.45, 2.75) is 89.7 Å². The van der Waals surface area contributed by atoms with Gasteiger partial charge < -0.3 is 32.8 Å². The fourth-order valence-electron chi connectivity index (χ4n) is 5.14. The molecular formula is C42H56O7Si. The van der Waals surface area contributed by atoms with Crippen molar-refractivity contribution in [3.8, 4) is 0 Å². The second kappa shape index (κ2) is 20.6. The van der Waals surface area contributed by atoms with Crippen molar-refractivity contribution in [1.82, 2.24) is 0 Å². The molecule has 0 bridgehead atoms. The average Bonchev–Trinajstić information content (AvgIpc) is 3.13. The molecule has 0 aliphatic carbocycles. The van der Waals surface area contributed by atoms with Crippen LogP contribution in [0, 0.1) is 0 Å². The Morgan fingerprint density at radius 3 is 1.28 bits per heavy atom. The number of ether oxygens (including phenoxy) is 6. The fourth-order valence-corrected chi connectivity index (χ4v) is 6.16. The lowest BCUT2D eigenvalue weighted by atomic mass is 10.0. The van der Waals surface area contributed by atoms with Gasteiger partial charge in [0, 0.05) is 7.11 Å². The van der Waals surface area contributed by atoms with Gasteiger partial charge in [0.25, 0.3) is 0 Å². The molecule has 8 heteroatoms. The second-order valence-corrected chi connectivity index (χ2v) is 18.9. The Bertz CT molecular complexity index is 1450. The van der Waals surface area contributed by atoms with Crippen molar-refractivity contribution >= 4 is 8.32 Å². The third kappa shape index (κ3) is 13.2. The summed E-state index contributed by atoms with van der Waals surface area (Å²) < 4.78 is 45.6. The van der Waals surface area contributed by atoms with Crippen molar-refractivity contribution in [3.05, 3.63) is 144 Å². The van der Waals surface area contributed by atoms with E-state index in [1.807, 2.05) is 84.9 Å². The molecule has 0 aliphatic rings. The maximum absolute atomic E-state index is 6.91. The quantitative estimate of drug-likeness (QED) is 0.0599. The van der Waals surface area contributed by atoms with Crippen molar-refractivity contribution in [1.29, 1.82) is 0 Å². The molecule has 0 saturated carbocycles. The van der Waals surface area contributed by atoms with Gasteiger partial charge in [0.15, 0.2) is 8.32 Å². The van der Waals surface area contributed by atoms with E-state index < -0.39 is 32.7 Å². The summed E-state index contributed by atoms with van der Waals surface area (Å²) in [6.45, 7) is 13.4. The number of hydrogen-bond acceptors (Lipinski definition) is 7. The highest BCUT2D eigenvalue weighted by molar-refractivity contribution is 6.74. The number of methoxy groups -OCH3 is 1. The maximum atomic E-state index is 6.91. The zero-order valence-electron chi connectivity index (χ0n) is 30.7. The molecule has 0 saturated heterocycles. The van der Waals surface area contributed by atoms with E-state index in [2.05, 4.69) is 70.3 Å². The summed E-state index contributed by atoms with van der Waals surface area (Å²) in [5.41, 5.74) is 4.21. The van der Waals surface area contributed by atoms with Crippen molar-refractivity contribution in [3.63, 3.8) is 0 Å². The molecule has 4 rings (SSSR count). The summed E-state index contributed by atoms with van der Waals surface area (Å²) >= 11 is 0. The minimum Gasteiger partial charge on any atom is -0.414 e. The van der Waals surface area contributed by atoms with Gasteiger partial charge in [-0.2, -0.15) is 0 Å². The topological polar surface area (TPSA) is 64.6 Å². The van der Waals surface area contributed by atoms with Crippen LogP contribution in [0.15, 0.2) is 121 Å². The lowest BCUT2D eigenvalue weighted by molar-refractivity contribution is -0.216. The van der Waals surface area contributed by atoms with Crippen LogP contribution in [0.4, 0.5) is 0 Å². The van der Waals surface area contributed by atoms with Crippen LogP contribution in [0.3, 0.4) is 0 Å². The first kappa shape index (κ1) is 39.6. The molecule has 0 fully saturated rings. The van der Waals surface area contributed by atoms with Crippen LogP contribution in [0.5, 0.6) is 0 Å². The summed E-state index contributed by atoms with van der Waals surface area (Å²) in [5.74, 6) is 0. The monoisotopic (exact) mass is 700 g/mol. The highest BCUT2D eigenvalue weighted by atomic mass is 28.4. The van der Waals surface area contributed by atoms with Crippen LogP contribution in [-0.4, -0.2) is 59.8 Å². The van der Waals surface area contributed by atoms with E-state index in [4.69, 9.17) is 32.8 Å². The van der Waals surface area contributed by atoms with E-state index >= 15 is 0 Å². The molecule has 0 aromatic heterocycles. The van der Waals surface area contributed by atoms with Crippen LogP contribution < -0.4 is 0 Å². The Kier molecular flexibility index (Phi) is 16.3. The molecule has 7 nitrogen and oxygen atoms in total. The molecular weight excluding hydrogens is 645 g/mol. The molecule has 0 aliphatic heterocycles. The third-order valence-corrected chi connectivity index (χ3v) is 13.6. The summed E-state index contributed by atoms with van der Waals surface area (Å²) in [4.78, 5) is 0. The van der Waals surface area contributed by atoms with E-state index in [1.165, 1.54) is 0 Å². The van der Waals surface area contributed by atoms with E-state index in [9.17, 15) is 0 Å². The Morgan fingerprint density at radius 1 is 0.500 bits per heavy atom. The minimum atomic E-state index is -2.17. The smallest absolute Gasteiger partial charge is 0.192 e. The lowest BCUT2D eigenvalue weighted by Gasteiger charge is -2.41. The number of hydrogen-bond donors (Lipinski definition) is 0. The molecule has 0 amide bonds. The summed E-state index contributed by atoms with van der Waals surface area (Å²) in [5, 5.41) is 0.00989. The zero-order chi connectivity index (χ0) is 35.7. The summed E-state index contributed by atoms with van der Waals surface area (Å²) in [7, 11) is -0.559. The Labute approximate surface area is 300 Å². The molecule has 0 N–H and O–H groups in total. The molecule has 0 unspecified atom stereocenters. The number of rotatable bonds is 22. The Morgan fingerprint density at radius 2 is 0.880 bits per heavy atom. The molecule has 4 aromatic rings. The first-order chi connectivity index (χ1) is 24.2. The third-order valence-electron chi connectivity index (χ3n) is 9.14.